The lowest BCUT2D eigenvalue weighted by Gasteiger charge is -2.10. The first-order valence-electron chi connectivity index (χ1n) is 9.06. The van der Waals surface area contributed by atoms with Gasteiger partial charge in [0.05, 0.1) is 18.0 Å². The summed E-state index contributed by atoms with van der Waals surface area (Å²) in [5.74, 6) is 1.75. The average molecular weight is 408 g/mol. The maximum absolute atomic E-state index is 5.88. The highest BCUT2D eigenvalue weighted by molar-refractivity contribution is 7.99. The molecule has 0 saturated carbocycles. The molecule has 2 aromatic carbocycles. The summed E-state index contributed by atoms with van der Waals surface area (Å²) in [6.07, 6.45) is 0. The van der Waals surface area contributed by atoms with E-state index in [0.29, 0.717) is 16.9 Å². The summed E-state index contributed by atoms with van der Waals surface area (Å²) in [7, 11) is 1.63. The van der Waals surface area contributed by atoms with Gasteiger partial charge in [-0.1, -0.05) is 23.9 Å². The Hall–Kier alpha value is -3.20. The fourth-order valence-corrected chi connectivity index (χ4v) is 3.66. The predicted octanol–water partition coefficient (Wildman–Crippen LogP) is 4.19. The Kier molecular flexibility index (Phi) is 5.30. The maximum Gasteiger partial charge on any atom is 0.247 e. The van der Waals surface area contributed by atoms with Crippen LogP contribution in [0.4, 0.5) is 0 Å². The molecule has 9 heteroatoms. The molecule has 0 fully saturated rings. The highest BCUT2D eigenvalue weighted by Gasteiger charge is 2.21. The van der Waals surface area contributed by atoms with Gasteiger partial charge >= 0.3 is 0 Å². The van der Waals surface area contributed by atoms with Crippen LogP contribution in [0.3, 0.4) is 0 Å². The van der Waals surface area contributed by atoms with E-state index >= 15 is 0 Å². The van der Waals surface area contributed by atoms with Gasteiger partial charge in [0.25, 0.3) is 0 Å². The first-order valence-corrected chi connectivity index (χ1v) is 9.94. The molecule has 0 bridgehead atoms. The molecule has 0 aliphatic rings. The minimum Gasteiger partial charge on any atom is -0.497 e. The molecule has 0 aliphatic carbocycles. The van der Waals surface area contributed by atoms with Gasteiger partial charge in [0.15, 0.2) is 0 Å². The summed E-state index contributed by atoms with van der Waals surface area (Å²) in [4.78, 5) is 0. The monoisotopic (exact) mass is 408 g/mol. The molecule has 0 saturated heterocycles. The molecular weight excluding hydrogens is 388 g/mol. The van der Waals surface area contributed by atoms with Crippen molar-refractivity contribution in [1.29, 1.82) is 0 Å². The van der Waals surface area contributed by atoms with Gasteiger partial charge in [-0.15, -0.1) is 15.3 Å². The fourth-order valence-electron chi connectivity index (χ4n) is 2.83. The number of ether oxygens (including phenoxy) is 1. The van der Waals surface area contributed by atoms with Crippen molar-refractivity contribution in [2.24, 2.45) is 0 Å². The molecule has 0 spiro atoms. The van der Waals surface area contributed by atoms with Gasteiger partial charge in [-0.05, 0) is 72.7 Å². The molecule has 0 radical (unpaired) electrons. The SMILES string of the molecule is COc1ccc(-c2nnc([C@H](C)Sc3nnnn3-c3cccc(C)c3C)o2)cc1. The van der Waals surface area contributed by atoms with E-state index in [0.717, 1.165) is 22.6 Å². The molecule has 0 aliphatic heterocycles. The van der Waals surface area contributed by atoms with Gasteiger partial charge in [-0.3, -0.25) is 0 Å². The molecule has 8 nitrogen and oxygen atoms in total. The van der Waals surface area contributed by atoms with Crippen molar-refractivity contribution in [3.63, 3.8) is 0 Å². The minimum absolute atomic E-state index is 0.121. The number of aromatic nitrogens is 6. The third-order valence-electron chi connectivity index (χ3n) is 4.65. The van der Waals surface area contributed by atoms with Crippen molar-refractivity contribution in [3.05, 3.63) is 59.5 Å². The molecule has 29 heavy (non-hydrogen) atoms. The number of nitrogens with zero attached hydrogens (tertiary/aromatic N) is 6. The quantitative estimate of drug-likeness (QED) is 0.439. The molecule has 1 atom stereocenters. The van der Waals surface area contributed by atoms with Gasteiger partial charge in [-0.25, -0.2) is 0 Å². The van der Waals surface area contributed by atoms with Crippen molar-refractivity contribution < 1.29 is 9.15 Å². The van der Waals surface area contributed by atoms with Crippen LogP contribution in [0, 0.1) is 13.8 Å². The Morgan fingerprint density at radius 2 is 1.83 bits per heavy atom. The molecule has 0 unspecified atom stereocenters. The molecule has 4 aromatic rings. The first-order chi connectivity index (χ1) is 14.1. The summed E-state index contributed by atoms with van der Waals surface area (Å²) in [5.41, 5.74) is 4.10. The maximum atomic E-state index is 5.88. The van der Waals surface area contributed by atoms with Gasteiger partial charge < -0.3 is 9.15 Å². The van der Waals surface area contributed by atoms with E-state index in [2.05, 4.69) is 45.6 Å². The van der Waals surface area contributed by atoms with Gasteiger partial charge in [-0.2, -0.15) is 4.68 Å². The molecule has 0 N–H and O–H groups in total. The Balaban J connectivity index is 1.55. The van der Waals surface area contributed by atoms with Crippen LogP contribution >= 0.6 is 11.8 Å². The third-order valence-corrected chi connectivity index (χ3v) is 5.67. The summed E-state index contributed by atoms with van der Waals surface area (Å²) in [5, 5.41) is 21.1. The normalized spacial score (nSPS) is 12.1. The first kappa shape index (κ1) is 19.1. The smallest absolute Gasteiger partial charge is 0.247 e. The zero-order valence-corrected chi connectivity index (χ0v) is 17.3. The summed E-state index contributed by atoms with van der Waals surface area (Å²) >= 11 is 1.46. The average Bonchev–Trinajstić information content (AvgIpc) is 3.40. The lowest BCUT2D eigenvalue weighted by atomic mass is 10.1. The Bertz CT molecular complexity index is 1120. The third kappa shape index (κ3) is 3.86. The van der Waals surface area contributed by atoms with Crippen LogP contribution in [0.1, 0.15) is 29.2 Å². The number of tetrazole rings is 1. The molecule has 2 aromatic heterocycles. The van der Waals surface area contributed by atoms with Crippen molar-refractivity contribution in [2.45, 2.75) is 31.2 Å². The van der Waals surface area contributed by atoms with Crippen LogP contribution in [0.15, 0.2) is 52.0 Å². The summed E-state index contributed by atoms with van der Waals surface area (Å²) in [6, 6.07) is 13.5. The van der Waals surface area contributed by atoms with E-state index in [9.17, 15) is 0 Å². The van der Waals surface area contributed by atoms with Gasteiger partial charge in [0.2, 0.25) is 16.9 Å². The predicted molar refractivity (Wildman–Crippen MR) is 109 cm³/mol. The Morgan fingerprint density at radius 1 is 1.03 bits per heavy atom. The van der Waals surface area contributed by atoms with E-state index in [-0.39, 0.29) is 5.25 Å². The number of hydrogen-bond acceptors (Lipinski definition) is 8. The lowest BCUT2D eigenvalue weighted by molar-refractivity contribution is 0.415. The second-order valence-corrected chi connectivity index (χ2v) is 7.83. The zero-order valence-electron chi connectivity index (χ0n) is 16.5. The number of hydrogen-bond donors (Lipinski definition) is 0. The van der Waals surface area contributed by atoms with Crippen LogP contribution in [-0.2, 0) is 0 Å². The van der Waals surface area contributed by atoms with Crippen LogP contribution in [-0.4, -0.2) is 37.5 Å². The number of rotatable bonds is 6. The molecular formula is C20H20N6O2S. The highest BCUT2D eigenvalue weighted by Crippen LogP contribution is 2.35. The van der Waals surface area contributed by atoms with Crippen molar-refractivity contribution >= 4 is 11.8 Å². The molecule has 0 amide bonds. The Labute approximate surface area is 172 Å². The second-order valence-electron chi connectivity index (χ2n) is 6.53. The van der Waals surface area contributed by atoms with E-state index in [4.69, 9.17) is 9.15 Å². The van der Waals surface area contributed by atoms with E-state index in [1.807, 2.05) is 43.3 Å². The molecule has 4 rings (SSSR count). The zero-order chi connectivity index (χ0) is 20.4. The van der Waals surface area contributed by atoms with Crippen LogP contribution < -0.4 is 4.74 Å². The lowest BCUT2D eigenvalue weighted by Crippen LogP contribution is -2.03. The number of methoxy groups -OCH3 is 1. The van der Waals surface area contributed by atoms with E-state index in [1.165, 1.54) is 17.3 Å². The van der Waals surface area contributed by atoms with Crippen LogP contribution in [0.5, 0.6) is 5.75 Å². The summed E-state index contributed by atoms with van der Waals surface area (Å²) < 4.78 is 12.8. The fraction of sp³-hybridized carbons (Fsp3) is 0.250. The molecule has 2 heterocycles. The molecule has 148 valence electrons. The van der Waals surface area contributed by atoms with Crippen molar-refractivity contribution in [2.75, 3.05) is 7.11 Å². The van der Waals surface area contributed by atoms with Crippen LogP contribution in [0.2, 0.25) is 0 Å². The minimum atomic E-state index is -0.121. The largest absolute Gasteiger partial charge is 0.497 e. The summed E-state index contributed by atoms with van der Waals surface area (Å²) in [6.45, 7) is 6.11. The van der Waals surface area contributed by atoms with E-state index in [1.54, 1.807) is 11.8 Å². The number of thioether (sulfide) groups is 1. The number of aryl methyl sites for hydroxylation is 1. The topological polar surface area (TPSA) is 91.8 Å². The van der Waals surface area contributed by atoms with Crippen LogP contribution in [0.25, 0.3) is 17.1 Å². The Morgan fingerprint density at radius 3 is 2.59 bits per heavy atom. The number of benzene rings is 2. The van der Waals surface area contributed by atoms with Gasteiger partial charge in [0, 0.05) is 5.56 Å². The second kappa shape index (κ2) is 8.04. The highest BCUT2D eigenvalue weighted by atomic mass is 32.2. The van der Waals surface area contributed by atoms with Crippen molar-refractivity contribution in [1.82, 2.24) is 30.4 Å². The van der Waals surface area contributed by atoms with E-state index < -0.39 is 0 Å². The standard InChI is InChI=1S/C20H20N6O2S/c1-12-6-5-7-17(13(12)2)26-20(23-24-25-26)29-14(3)18-21-22-19(28-18)15-8-10-16(27-4)11-9-15/h5-11,14H,1-4H3/t14-/m0/s1. The van der Waals surface area contributed by atoms with Gasteiger partial charge in [0.1, 0.15) is 5.75 Å². The van der Waals surface area contributed by atoms with Crippen molar-refractivity contribution in [3.8, 4) is 22.9 Å².